The molecule has 1 fully saturated rings. The van der Waals surface area contributed by atoms with Crippen LogP contribution in [-0.2, 0) is 0 Å². The Labute approximate surface area is 156 Å². The van der Waals surface area contributed by atoms with E-state index in [2.05, 4.69) is 0 Å². The SMILES string of the molecule is O=C(O)N1C[C@@H]2C[C@H]1c1c(O)n(-c3ccc([N+](=O)[O-])c4ccccc34)c(=O)n12. The highest BCUT2D eigenvalue weighted by atomic mass is 16.6. The third-order valence-electron chi connectivity index (χ3n) is 5.62. The number of nitro benzene ring substituents is 1. The minimum Gasteiger partial charge on any atom is -0.493 e. The zero-order chi connectivity index (χ0) is 19.7. The Kier molecular flexibility index (Phi) is 3.12. The number of nitro groups is 1. The molecule has 0 radical (unpaired) electrons. The minimum absolute atomic E-state index is 0.101. The number of fused-ring (bicyclic) bond motifs is 6. The summed E-state index contributed by atoms with van der Waals surface area (Å²) in [6, 6.07) is 8.38. The van der Waals surface area contributed by atoms with E-state index in [4.69, 9.17) is 0 Å². The van der Waals surface area contributed by atoms with E-state index in [0.717, 1.165) is 4.57 Å². The molecule has 2 atom stereocenters. The predicted molar refractivity (Wildman–Crippen MR) is 97.0 cm³/mol. The number of imidazole rings is 1. The molecule has 1 saturated heterocycles. The van der Waals surface area contributed by atoms with Crippen molar-refractivity contribution in [3.05, 3.63) is 62.7 Å². The monoisotopic (exact) mass is 382 g/mol. The molecule has 0 aliphatic carbocycles. The fourth-order valence-electron chi connectivity index (χ4n) is 4.50. The molecule has 2 aliphatic rings. The number of rotatable bonds is 2. The third-order valence-corrected chi connectivity index (χ3v) is 5.62. The molecule has 3 heterocycles. The second-order valence-electron chi connectivity index (χ2n) is 6.94. The van der Waals surface area contributed by atoms with Gasteiger partial charge in [-0.05, 0) is 18.6 Å². The summed E-state index contributed by atoms with van der Waals surface area (Å²) >= 11 is 0. The van der Waals surface area contributed by atoms with Crippen LogP contribution >= 0.6 is 0 Å². The number of non-ortho nitro benzene ring substituents is 1. The van der Waals surface area contributed by atoms with E-state index in [0.29, 0.717) is 22.9 Å². The van der Waals surface area contributed by atoms with Gasteiger partial charge in [-0.3, -0.25) is 19.6 Å². The smallest absolute Gasteiger partial charge is 0.407 e. The molecule has 0 spiro atoms. The third kappa shape index (κ3) is 1.91. The van der Waals surface area contributed by atoms with Gasteiger partial charge in [0.1, 0.15) is 5.69 Å². The van der Waals surface area contributed by atoms with Crippen LogP contribution in [0.3, 0.4) is 0 Å². The average molecular weight is 382 g/mol. The first-order chi connectivity index (χ1) is 13.4. The van der Waals surface area contributed by atoms with E-state index in [-0.39, 0.29) is 29.8 Å². The van der Waals surface area contributed by atoms with Gasteiger partial charge in [0.15, 0.2) is 0 Å². The molecule has 28 heavy (non-hydrogen) atoms. The van der Waals surface area contributed by atoms with Crippen molar-refractivity contribution < 1.29 is 19.9 Å². The predicted octanol–water partition coefficient (Wildman–Crippen LogP) is 2.39. The Morgan fingerprint density at radius 2 is 1.89 bits per heavy atom. The first-order valence-corrected chi connectivity index (χ1v) is 8.62. The number of amides is 1. The number of likely N-dealkylation sites (tertiary alicyclic amines) is 1. The first kappa shape index (κ1) is 16.4. The van der Waals surface area contributed by atoms with Crippen LogP contribution in [0.15, 0.2) is 41.2 Å². The fraction of sp³-hybridized carbons (Fsp3) is 0.222. The van der Waals surface area contributed by atoms with Crippen molar-refractivity contribution in [3.8, 4) is 11.6 Å². The molecule has 10 heteroatoms. The lowest BCUT2D eigenvalue weighted by Gasteiger charge is -2.24. The van der Waals surface area contributed by atoms with Gasteiger partial charge in [-0.1, -0.05) is 18.2 Å². The van der Waals surface area contributed by atoms with Crippen LogP contribution in [0.5, 0.6) is 5.88 Å². The largest absolute Gasteiger partial charge is 0.493 e. The van der Waals surface area contributed by atoms with Crippen molar-refractivity contribution in [3.63, 3.8) is 0 Å². The molecule has 2 aliphatic heterocycles. The first-order valence-electron chi connectivity index (χ1n) is 8.62. The number of aromatic nitrogens is 2. The molecule has 1 aromatic heterocycles. The number of carboxylic acid groups (broad SMARTS) is 1. The summed E-state index contributed by atoms with van der Waals surface area (Å²) in [5.41, 5.74) is -0.00207. The van der Waals surface area contributed by atoms with Crippen LogP contribution in [0, 0.1) is 10.1 Å². The van der Waals surface area contributed by atoms with E-state index < -0.39 is 22.7 Å². The zero-order valence-corrected chi connectivity index (χ0v) is 14.3. The summed E-state index contributed by atoms with van der Waals surface area (Å²) in [6.07, 6.45) is -0.647. The van der Waals surface area contributed by atoms with Crippen LogP contribution in [0.25, 0.3) is 16.5 Å². The Morgan fingerprint density at radius 1 is 1.18 bits per heavy atom. The molecule has 10 nitrogen and oxygen atoms in total. The molecular formula is C18H14N4O6. The molecule has 0 unspecified atom stereocenters. The fourth-order valence-corrected chi connectivity index (χ4v) is 4.50. The summed E-state index contributed by atoms with van der Waals surface area (Å²) < 4.78 is 2.54. The Hall–Kier alpha value is -3.82. The van der Waals surface area contributed by atoms with Crippen molar-refractivity contribution in [2.45, 2.75) is 18.5 Å². The van der Waals surface area contributed by atoms with Crippen molar-refractivity contribution in [1.29, 1.82) is 0 Å². The van der Waals surface area contributed by atoms with Gasteiger partial charge in [-0.15, -0.1) is 0 Å². The van der Waals surface area contributed by atoms with E-state index in [1.54, 1.807) is 24.3 Å². The van der Waals surface area contributed by atoms with Gasteiger partial charge in [0, 0.05) is 18.0 Å². The van der Waals surface area contributed by atoms with Gasteiger partial charge >= 0.3 is 11.8 Å². The maximum Gasteiger partial charge on any atom is 0.407 e. The number of hydrogen-bond acceptors (Lipinski definition) is 5. The summed E-state index contributed by atoms with van der Waals surface area (Å²) in [6.45, 7) is 0.192. The van der Waals surface area contributed by atoms with Gasteiger partial charge in [0.05, 0.1) is 28.1 Å². The number of hydrogen-bond donors (Lipinski definition) is 2. The summed E-state index contributed by atoms with van der Waals surface area (Å²) in [5, 5.41) is 32.3. The standard InChI is InChI=1S/C18H14N4O6/c23-16-15-14-7-9(8-19(14)18(25)26)20(15)17(24)21(16)12-5-6-13(22(27)28)11-4-2-1-3-10(11)12/h1-6,9,14,23H,7-8H2,(H,25,26)/t9-,14-/m0/s1. The quantitative estimate of drug-likeness (QED) is 0.517. The van der Waals surface area contributed by atoms with Gasteiger partial charge < -0.3 is 10.2 Å². The molecule has 2 bridgehead atoms. The Balaban J connectivity index is 1.77. The normalized spacial score (nSPS) is 19.9. The van der Waals surface area contributed by atoms with Gasteiger partial charge in [-0.2, -0.15) is 0 Å². The maximum absolute atomic E-state index is 13.1. The molecule has 0 saturated carbocycles. The summed E-state index contributed by atoms with van der Waals surface area (Å²) in [4.78, 5) is 36.6. The average Bonchev–Trinajstić information content (AvgIpc) is 3.33. The Morgan fingerprint density at radius 3 is 2.57 bits per heavy atom. The maximum atomic E-state index is 13.1. The van der Waals surface area contributed by atoms with Crippen molar-refractivity contribution in [1.82, 2.24) is 14.0 Å². The van der Waals surface area contributed by atoms with Crippen LogP contribution in [0.1, 0.15) is 24.2 Å². The lowest BCUT2D eigenvalue weighted by molar-refractivity contribution is -0.383. The molecule has 1 amide bonds. The van der Waals surface area contributed by atoms with Gasteiger partial charge in [0.2, 0.25) is 5.88 Å². The highest BCUT2D eigenvalue weighted by Gasteiger charge is 2.49. The van der Waals surface area contributed by atoms with Crippen LogP contribution in [-0.4, -0.2) is 41.8 Å². The lowest BCUT2D eigenvalue weighted by atomic mass is 10.1. The minimum atomic E-state index is -1.10. The summed E-state index contributed by atoms with van der Waals surface area (Å²) in [5.74, 6) is -0.331. The lowest BCUT2D eigenvalue weighted by Crippen LogP contribution is -2.36. The highest BCUT2D eigenvalue weighted by molar-refractivity contribution is 5.97. The van der Waals surface area contributed by atoms with E-state index in [9.17, 15) is 29.9 Å². The van der Waals surface area contributed by atoms with E-state index in [1.807, 2.05) is 0 Å². The van der Waals surface area contributed by atoms with Crippen LogP contribution in [0.2, 0.25) is 0 Å². The molecular weight excluding hydrogens is 368 g/mol. The topological polar surface area (TPSA) is 131 Å². The van der Waals surface area contributed by atoms with E-state index in [1.165, 1.54) is 21.6 Å². The molecule has 5 rings (SSSR count). The number of benzene rings is 2. The molecule has 142 valence electrons. The highest BCUT2D eigenvalue weighted by Crippen LogP contribution is 2.48. The van der Waals surface area contributed by atoms with Gasteiger partial charge in [0.25, 0.3) is 5.69 Å². The number of carbonyl (C=O) groups is 1. The van der Waals surface area contributed by atoms with Gasteiger partial charge in [-0.25, -0.2) is 14.2 Å². The second kappa shape index (κ2) is 5.35. The second-order valence-corrected chi connectivity index (χ2v) is 6.94. The molecule has 2 aromatic carbocycles. The molecule has 3 aromatic rings. The van der Waals surface area contributed by atoms with Crippen molar-refractivity contribution in [2.24, 2.45) is 0 Å². The van der Waals surface area contributed by atoms with Crippen LogP contribution < -0.4 is 5.69 Å². The zero-order valence-electron chi connectivity index (χ0n) is 14.3. The molecule has 2 N–H and O–H groups in total. The summed E-state index contributed by atoms with van der Waals surface area (Å²) in [7, 11) is 0. The number of aromatic hydroxyl groups is 1. The van der Waals surface area contributed by atoms with Crippen molar-refractivity contribution in [2.75, 3.05) is 6.54 Å². The van der Waals surface area contributed by atoms with Crippen LogP contribution in [0.4, 0.5) is 10.5 Å². The van der Waals surface area contributed by atoms with Crippen molar-refractivity contribution >= 4 is 22.6 Å². The number of nitrogens with zero attached hydrogens (tertiary/aromatic N) is 4. The Bertz CT molecular complexity index is 1240. The van der Waals surface area contributed by atoms with E-state index >= 15 is 0 Å².